The molecule has 0 amide bonds. The van der Waals surface area contributed by atoms with E-state index in [-0.39, 0.29) is 0 Å². The topological polar surface area (TPSA) is 57.4 Å². The van der Waals surface area contributed by atoms with E-state index in [1.807, 2.05) is 37.4 Å². The highest BCUT2D eigenvalue weighted by molar-refractivity contribution is 5.35. The fourth-order valence-corrected chi connectivity index (χ4v) is 2.01. The summed E-state index contributed by atoms with van der Waals surface area (Å²) in [6.45, 7) is 3.18. The van der Waals surface area contributed by atoms with Crippen LogP contribution in [0.25, 0.3) is 0 Å². The van der Waals surface area contributed by atoms with Crippen molar-refractivity contribution in [1.29, 1.82) is 0 Å². The van der Waals surface area contributed by atoms with Crippen molar-refractivity contribution in [1.82, 2.24) is 4.98 Å². The Morgan fingerprint density at radius 2 is 2.05 bits per heavy atom. The van der Waals surface area contributed by atoms with Crippen LogP contribution in [0.15, 0.2) is 36.5 Å². The summed E-state index contributed by atoms with van der Waals surface area (Å²) >= 11 is 0. The predicted molar refractivity (Wildman–Crippen MR) is 79.0 cm³/mol. The van der Waals surface area contributed by atoms with Crippen LogP contribution in [0.5, 0.6) is 11.6 Å². The second kappa shape index (κ2) is 7.03. The summed E-state index contributed by atoms with van der Waals surface area (Å²) in [5, 5.41) is 0. The summed E-state index contributed by atoms with van der Waals surface area (Å²) in [5.74, 6) is 1.39. The number of nitrogens with two attached hydrogens (primary N) is 1. The molecule has 1 heterocycles. The molecule has 106 valence electrons. The molecule has 0 unspecified atom stereocenters. The van der Waals surface area contributed by atoms with E-state index < -0.39 is 0 Å². The lowest BCUT2D eigenvalue weighted by Crippen LogP contribution is -2.03. The van der Waals surface area contributed by atoms with E-state index in [2.05, 4.69) is 11.1 Å². The number of ether oxygens (including phenoxy) is 2. The van der Waals surface area contributed by atoms with E-state index in [0.717, 1.165) is 28.9 Å². The third-order valence-electron chi connectivity index (χ3n) is 2.94. The largest absolute Gasteiger partial charge is 0.439 e. The molecule has 0 fully saturated rings. The van der Waals surface area contributed by atoms with Crippen molar-refractivity contribution in [2.75, 3.05) is 13.7 Å². The molecular weight excluding hydrogens is 252 g/mol. The van der Waals surface area contributed by atoms with Crippen LogP contribution in [0.2, 0.25) is 0 Å². The number of methoxy groups -OCH3 is 1. The molecular formula is C16H20N2O2. The SMILES string of the molecule is COCc1cccc(Oc2ncc(CCN)cc2C)c1. The Labute approximate surface area is 119 Å². The molecule has 4 heteroatoms. The average Bonchev–Trinajstić information content (AvgIpc) is 2.43. The highest BCUT2D eigenvalue weighted by Gasteiger charge is 2.05. The van der Waals surface area contributed by atoms with Crippen molar-refractivity contribution >= 4 is 0 Å². The van der Waals surface area contributed by atoms with Crippen LogP contribution in [0, 0.1) is 6.92 Å². The van der Waals surface area contributed by atoms with Gasteiger partial charge >= 0.3 is 0 Å². The molecule has 0 aliphatic heterocycles. The first-order chi connectivity index (χ1) is 9.72. The molecule has 2 rings (SSSR count). The minimum Gasteiger partial charge on any atom is -0.439 e. The third kappa shape index (κ3) is 3.79. The summed E-state index contributed by atoms with van der Waals surface area (Å²) < 4.78 is 10.9. The van der Waals surface area contributed by atoms with Crippen LogP contribution >= 0.6 is 0 Å². The number of hydrogen-bond acceptors (Lipinski definition) is 4. The van der Waals surface area contributed by atoms with Gasteiger partial charge in [-0.15, -0.1) is 0 Å². The van der Waals surface area contributed by atoms with Gasteiger partial charge in [-0.05, 0) is 49.2 Å². The lowest BCUT2D eigenvalue weighted by atomic mass is 10.1. The van der Waals surface area contributed by atoms with Gasteiger partial charge < -0.3 is 15.2 Å². The molecule has 0 radical (unpaired) electrons. The van der Waals surface area contributed by atoms with E-state index in [1.165, 1.54) is 0 Å². The Balaban J connectivity index is 2.15. The lowest BCUT2D eigenvalue weighted by Gasteiger charge is -2.10. The fourth-order valence-electron chi connectivity index (χ4n) is 2.01. The lowest BCUT2D eigenvalue weighted by molar-refractivity contribution is 0.184. The maximum absolute atomic E-state index is 5.83. The predicted octanol–water partition coefficient (Wildman–Crippen LogP) is 2.83. The van der Waals surface area contributed by atoms with Gasteiger partial charge in [-0.3, -0.25) is 0 Å². The molecule has 0 spiro atoms. The number of nitrogens with zero attached hydrogens (tertiary/aromatic N) is 1. The van der Waals surface area contributed by atoms with Crippen molar-refractivity contribution in [3.8, 4) is 11.6 Å². The Morgan fingerprint density at radius 1 is 1.20 bits per heavy atom. The number of rotatable bonds is 6. The van der Waals surface area contributed by atoms with Gasteiger partial charge in [0.05, 0.1) is 6.61 Å². The zero-order valence-corrected chi connectivity index (χ0v) is 11.9. The average molecular weight is 272 g/mol. The molecule has 0 aliphatic carbocycles. The number of hydrogen-bond donors (Lipinski definition) is 1. The zero-order chi connectivity index (χ0) is 14.4. The van der Waals surface area contributed by atoms with Crippen LogP contribution in [-0.2, 0) is 17.8 Å². The van der Waals surface area contributed by atoms with Crippen molar-refractivity contribution in [2.45, 2.75) is 20.0 Å². The van der Waals surface area contributed by atoms with Crippen LogP contribution in [0.4, 0.5) is 0 Å². The van der Waals surface area contributed by atoms with Crippen LogP contribution in [0.1, 0.15) is 16.7 Å². The zero-order valence-electron chi connectivity index (χ0n) is 11.9. The van der Waals surface area contributed by atoms with E-state index in [9.17, 15) is 0 Å². The summed E-state index contributed by atoms with van der Waals surface area (Å²) in [7, 11) is 1.68. The van der Waals surface area contributed by atoms with Gasteiger partial charge in [0.2, 0.25) is 5.88 Å². The van der Waals surface area contributed by atoms with E-state index in [0.29, 0.717) is 19.0 Å². The van der Waals surface area contributed by atoms with Gasteiger partial charge in [0.25, 0.3) is 0 Å². The quantitative estimate of drug-likeness (QED) is 0.878. The van der Waals surface area contributed by atoms with Crippen LogP contribution in [0.3, 0.4) is 0 Å². The molecule has 0 saturated carbocycles. The minimum absolute atomic E-state index is 0.569. The van der Waals surface area contributed by atoms with Crippen molar-refractivity contribution in [2.24, 2.45) is 5.73 Å². The summed E-state index contributed by atoms with van der Waals surface area (Å²) in [4.78, 5) is 4.36. The Morgan fingerprint density at radius 3 is 2.75 bits per heavy atom. The molecule has 2 aromatic rings. The smallest absolute Gasteiger partial charge is 0.222 e. The van der Waals surface area contributed by atoms with Crippen molar-refractivity contribution in [3.05, 3.63) is 53.2 Å². The van der Waals surface area contributed by atoms with Gasteiger partial charge in [-0.1, -0.05) is 12.1 Å². The van der Waals surface area contributed by atoms with Gasteiger partial charge in [-0.2, -0.15) is 0 Å². The second-order valence-corrected chi connectivity index (χ2v) is 4.69. The normalized spacial score (nSPS) is 10.6. The Bertz CT molecular complexity index is 570. The molecule has 0 bridgehead atoms. The molecule has 0 aliphatic rings. The van der Waals surface area contributed by atoms with E-state index in [4.69, 9.17) is 15.2 Å². The number of pyridine rings is 1. The highest BCUT2D eigenvalue weighted by Crippen LogP contribution is 2.24. The first-order valence-corrected chi connectivity index (χ1v) is 6.64. The maximum atomic E-state index is 5.83. The standard InChI is InChI=1S/C16H20N2O2/c1-12-8-13(6-7-17)10-18-16(12)20-15-5-3-4-14(9-15)11-19-2/h3-5,8-10H,6-7,11,17H2,1-2H3. The van der Waals surface area contributed by atoms with Crippen LogP contribution < -0.4 is 10.5 Å². The Hall–Kier alpha value is -1.91. The fraction of sp³-hybridized carbons (Fsp3) is 0.312. The van der Waals surface area contributed by atoms with Gasteiger partial charge in [0, 0.05) is 18.9 Å². The molecule has 20 heavy (non-hydrogen) atoms. The molecule has 4 nitrogen and oxygen atoms in total. The van der Waals surface area contributed by atoms with Gasteiger partial charge in [0.1, 0.15) is 5.75 Å². The van der Waals surface area contributed by atoms with Gasteiger partial charge in [-0.25, -0.2) is 4.98 Å². The monoisotopic (exact) mass is 272 g/mol. The number of aryl methyl sites for hydroxylation is 1. The minimum atomic E-state index is 0.569. The molecule has 1 aromatic heterocycles. The summed E-state index contributed by atoms with van der Waals surface area (Å²) in [6, 6.07) is 9.88. The first kappa shape index (κ1) is 14.5. The second-order valence-electron chi connectivity index (χ2n) is 4.69. The summed E-state index contributed by atoms with van der Waals surface area (Å²) in [5.41, 5.74) is 8.76. The van der Waals surface area contributed by atoms with Crippen molar-refractivity contribution < 1.29 is 9.47 Å². The molecule has 1 aromatic carbocycles. The highest BCUT2D eigenvalue weighted by atomic mass is 16.5. The Kier molecular flexibility index (Phi) is 5.09. The van der Waals surface area contributed by atoms with Crippen molar-refractivity contribution in [3.63, 3.8) is 0 Å². The molecule has 2 N–H and O–H groups in total. The number of benzene rings is 1. The summed E-state index contributed by atoms with van der Waals surface area (Å²) in [6.07, 6.45) is 2.64. The maximum Gasteiger partial charge on any atom is 0.222 e. The van der Waals surface area contributed by atoms with E-state index in [1.54, 1.807) is 7.11 Å². The van der Waals surface area contributed by atoms with Gasteiger partial charge in [0.15, 0.2) is 0 Å². The number of aromatic nitrogens is 1. The van der Waals surface area contributed by atoms with E-state index >= 15 is 0 Å². The van der Waals surface area contributed by atoms with Crippen LogP contribution in [-0.4, -0.2) is 18.6 Å². The molecule has 0 saturated heterocycles. The third-order valence-corrected chi connectivity index (χ3v) is 2.94. The first-order valence-electron chi connectivity index (χ1n) is 6.64. The molecule has 0 atom stereocenters.